The maximum Gasteiger partial charge on any atom is 0.345 e. The average Bonchev–Trinajstić information content (AvgIpc) is 3.15. The van der Waals surface area contributed by atoms with Crippen LogP contribution in [0.2, 0.25) is 5.02 Å². The van der Waals surface area contributed by atoms with Gasteiger partial charge in [0.2, 0.25) is 6.29 Å². The van der Waals surface area contributed by atoms with Crippen LogP contribution in [-0.4, -0.2) is 50.8 Å². The molecule has 4 amide bonds. The number of imide groups is 1. The second-order valence-corrected chi connectivity index (χ2v) is 8.09. The summed E-state index contributed by atoms with van der Waals surface area (Å²) < 4.78 is 5.59. The van der Waals surface area contributed by atoms with Gasteiger partial charge in [-0.1, -0.05) is 23.7 Å². The Morgan fingerprint density at radius 1 is 1.15 bits per heavy atom. The van der Waals surface area contributed by atoms with Gasteiger partial charge >= 0.3 is 18.0 Å². The molecule has 1 fully saturated rings. The number of nitrogens with two attached hydrogens (primary N) is 1. The van der Waals surface area contributed by atoms with Crippen LogP contribution < -0.4 is 11.2 Å². The molecular formula is C22H22ClN5O5. The summed E-state index contributed by atoms with van der Waals surface area (Å²) in [5, 5.41) is 14.4. The Morgan fingerprint density at radius 2 is 1.88 bits per heavy atom. The van der Waals surface area contributed by atoms with E-state index in [1.807, 2.05) is 19.1 Å². The van der Waals surface area contributed by atoms with Gasteiger partial charge in [0.05, 0.1) is 13.0 Å². The molecule has 2 heterocycles. The van der Waals surface area contributed by atoms with Crippen molar-refractivity contribution in [3.05, 3.63) is 64.9 Å². The number of amides is 4. The van der Waals surface area contributed by atoms with Gasteiger partial charge in [-0.05, 0) is 48.9 Å². The fraction of sp³-hybridized carbons (Fsp3) is 0.227. The normalized spacial score (nSPS) is 16.6. The van der Waals surface area contributed by atoms with Gasteiger partial charge in [-0.3, -0.25) is 9.69 Å². The number of nitrogens with one attached hydrogen (secondary N) is 1. The lowest BCUT2D eigenvalue weighted by atomic mass is 10.2. The van der Waals surface area contributed by atoms with Gasteiger partial charge in [0.15, 0.2) is 0 Å². The number of halogens is 1. The Balaban J connectivity index is 1.65. The van der Waals surface area contributed by atoms with E-state index in [1.54, 1.807) is 36.4 Å². The number of urea groups is 2. The zero-order valence-electron chi connectivity index (χ0n) is 17.7. The fourth-order valence-electron chi connectivity index (χ4n) is 3.64. The van der Waals surface area contributed by atoms with Crippen LogP contribution in [0.4, 0.5) is 15.3 Å². The number of anilines is 1. The minimum absolute atomic E-state index is 0.102. The van der Waals surface area contributed by atoms with Crippen LogP contribution in [0, 0.1) is 6.92 Å². The molecule has 4 rings (SSSR count). The average molecular weight is 472 g/mol. The van der Waals surface area contributed by atoms with Crippen LogP contribution >= 0.6 is 11.6 Å². The van der Waals surface area contributed by atoms with E-state index in [0.29, 0.717) is 16.3 Å². The third-order valence-corrected chi connectivity index (χ3v) is 5.49. The number of nitrogens with zero attached hydrogens (tertiary/aromatic N) is 3. The van der Waals surface area contributed by atoms with Crippen LogP contribution in [0.15, 0.2) is 52.9 Å². The second kappa shape index (κ2) is 9.00. The van der Waals surface area contributed by atoms with Crippen LogP contribution in [0.1, 0.15) is 17.7 Å². The van der Waals surface area contributed by atoms with E-state index in [9.17, 15) is 14.4 Å². The van der Waals surface area contributed by atoms with Crippen molar-refractivity contribution >= 4 is 46.3 Å². The number of fused-ring (bicyclic) bond motifs is 1. The highest BCUT2D eigenvalue weighted by molar-refractivity contribution is 6.30. The number of carbonyl (C=O) groups excluding carboxylic acids is 2. The molecule has 0 spiro atoms. The lowest BCUT2D eigenvalue weighted by molar-refractivity contribution is -0.137. The molecule has 2 aromatic carbocycles. The lowest BCUT2D eigenvalue weighted by Gasteiger charge is -2.45. The summed E-state index contributed by atoms with van der Waals surface area (Å²) in [6.07, 6.45) is -1.42. The molecule has 0 radical (unpaired) electrons. The molecule has 1 aliphatic heterocycles. The van der Waals surface area contributed by atoms with Crippen molar-refractivity contribution in [3.8, 4) is 0 Å². The molecule has 11 heteroatoms. The van der Waals surface area contributed by atoms with E-state index in [1.165, 1.54) is 4.90 Å². The molecule has 0 aliphatic carbocycles. The highest BCUT2D eigenvalue weighted by Gasteiger charge is 2.43. The number of rotatable bonds is 7. The van der Waals surface area contributed by atoms with Gasteiger partial charge in [0.25, 0.3) is 0 Å². The van der Waals surface area contributed by atoms with Crippen LogP contribution in [0.5, 0.6) is 0 Å². The minimum Gasteiger partial charge on any atom is -0.481 e. The number of carboxylic acid groups (broad SMARTS) is 1. The number of carbonyl (C=O) groups is 3. The highest BCUT2D eigenvalue weighted by Crippen LogP contribution is 2.26. The Bertz CT molecular complexity index is 1210. The van der Waals surface area contributed by atoms with Crippen molar-refractivity contribution in [3.63, 3.8) is 0 Å². The summed E-state index contributed by atoms with van der Waals surface area (Å²) in [6.45, 7) is 1.64. The molecule has 1 atom stereocenters. The van der Waals surface area contributed by atoms with Gasteiger partial charge < -0.3 is 14.8 Å². The number of aliphatic carboxylic acids is 1. The summed E-state index contributed by atoms with van der Waals surface area (Å²) in [5.41, 5.74) is 2.07. The molecule has 4 N–H and O–H groups in total. The maximum absolute atomic E-state index is 13.3. The number of aryl methyl sites for hydroxylation is 1. The van der Waals surface area contributed by atoms with Crippen LogP contribution in [0.3, 0.4) is 0 Å². The predicted molar refractivity (Wildman–Crippen MR) is 121 cm³/mol. The molecule has 10 nitrogen and oxygen atoms in total. The fourth-order valence-corrected chi connectivity index (χ4v) is 3.76. The molecule has 3 aromatic rings. The summed E-state index contributed by atoms with van der Waals surface area (Å²) in [6, 6.07) is 12.7. The molecule has 0 saturated carbocycles. The molecule has 172 valence electrons. The quantitative estimate of drug-likeness (QED) is 0.352. The highest BCUT2D eigenvalue weighted by atomic mass is 35.5. The van der Waals surface area contributed by atoms with E-state index in [2.05, 4.69) is 5.32 Å². The predicted octanol–water partition coefficient (Wildman–Crippen LogP) is 3.80. The zero-order valence-corrected chi connectivity index (χ0v) is 18.5. The molecule has 1 saturated heterocycles. The number of benzene rings is 2. The molecule has 0 bridgehead atoms. The monoisotopic (exact) mass is 471 g/mol. The number of hydrazine groups is 1. The first kappa shape index (κ1) is 22.4. The van der Waals surface area contributed by atoms with Crippen molar-refractivity contribution in [1.82, 2.24) is 14.8 Å². The van der Waals surface area contributed by atoms with Crippen molar-refractivity contribution in [2.24, 2.45) is 5.84 Å². The van der Waals surface area contributed by atoms with Gasteiger partial charge in [0.1, 0.15) is 11.3 Å². The number of carboxylic acids is 1. The Morgan fingerprint density at radius 3 is 2.58 bits per heavy atom. The summed E-state index contributed by atoms with van der Waals surface area (Å²) in [7, 11) is 0. The molecule has 1 unspecified atom stereocenters. The largest absolute Gasteiger partial charge is 0.481 e. The SMILES string of the molecule is Cc1cc2cc(NC3N(N)C(=O)N(CCC(=O)O)C(=O)N3Cc3ccc(Cl)cc3)ccc2o1. The lowest BCUT2D eigenvalue weighted by Crippen LogP contribution is -2.70. The maximum atomic E-state index is 13.3. The summed E-state index contributed by atoms with van der Waals surface area (Å²) in [5.74, 6) is 5.73. The van der Waals surface area contributed by atoms with E-state index < -0.39 is 30.7 Å². The van der Waals surface area contributed by atoms with Crippen molar-refractivity contribution < 1.29 is 23.9 Å². The third-order valence-electron chi connectivity index (χ3n) is 5.24. The van der Waals surface area contributed by atoms with E-state index in [-0.39, 0.29) is 13.1 Å². The molecule has 33 heavy (non-hydrogen) atoms. The van der Waals surface area contributed by atoms with Crippen molar-refractivity contribution in [2.45, 2.75) is 26.2 Å². The first-order valence-electron chi connectivity index (χ1n) is 10.1. The zero-order chi connectivity index (χ0) is 23.7. The first-order chi connectivity index (χ1) is 15.7. The third kappa shape index (κ3) is 4.71. The topological polar surface area (TPSA) is 132 Å². The van der Waals surface area contributed by atoms with Gasteiger partial charge in [-0.15, -0.1) is 0 Å². The second-order valence-electron chi connectivity index (χ2n) is 7.65. The standard InChI is InChI=1S/C22H22ClN5O5/c1-13-10-15-11-17(6-7-18(15)33-13)25-20-27(12-14-2-4-16(23)5-3-14)21(31)26(9-8-19(29)30)22(32)28(20)24/h2-7,10-11,20,25H,8-9,12,24H2,1H3,(H,29,30). The Labute approximate surface area is 194 Å². The molecular weight excluding hydrogens is 450 g/mol. The van der Waals surface area contributed by atoms with Crippen molar-refractivity contribution in [2.75, 3.05) is 11.9 Å². The Kier molecular flexibility index (Phi) is 6.12. The van der Waals surface area contributed by atoms with Gasteiger partial charge in [0, 0.05) is 22.6 Å². The number of hydrogen-bond acceptors (Lipinski definition) is 6. The first-order valence-corrected chi connectivity index (χ1v) is 10.5. The van der Waals surface area contributed by atoms with Crippen LogP contribution in [0.25, 0.3) is 11.0 Å². The smallest absolute Gasteiger partial charge is 0.345 e. The number of furan rings is 1. The minimum atomic E-state index is -1.13. The Hall–Kier alpha value is -3.76. The molecule has 1 aliphatic rings. The van der Waals surface area contributed by atoms with E-state index in [0.717, 1.165) is 26.6 Å². The molecule has 1 aromatic heterocycles. The van der Waals surface area contributed by atoms with Gasteiger partial charge in [-0.25, -0.2) is 25.3 Å². The van der Waals surface area contributed by atoms with E-state index in [4.69, 9.17) is 27.0 Å². The summed E-state index contributed by atoms with van der Waals surface area (Å²) >= 11 is 5.97. The van der Waals surface area contributed by atoms with Gasteiger partial charge in [-0.2, -0.15) is 0 Å². The number of hydrogen-bond donors (Lipinski definition) is 3. The van der Waals surface area contributed by atoms with Crippen molar-refractivity contribution in [1.29, 1.82) is 0 Å². The van der Waals surface area contributed by atoms with E-state index >= 15 is 0 Å². The summed E-state index contributed by atoms with van der Waals surface area (Å²) in [4.78, 5) is 39.3. The van der Waals surface area contributed by atoms with Crippen LogP contribution in [-0.2, 0) is 11.3 Å².